The van der Waals surface area contributed by atoms with Crippen molar-refractivity contribution in [2.24, 2.45) is 0 Å². The van der Waals surface area contributed by atoms with Gasteiger partial charge in [0.25, 0.3) is 5.91 Å². The molecule has 3 aromatic rings. The van der Waals surface area contributed by atoms with E-state index in [2.05, 4.69) is 34.5 Å². The highest BCUT2D eigenvalue weighted by molar-refractivity contribution is 7.15. The maximum Gasteiger partial charge on any atom is 0.261 e. The molecule has 0 unspecified atom stereocenters. The van der Waals surface area contributed by atoms with Crippen LogP contribution >= 0.6 is 11.3 Å². The zero-order valence-corrected chi connectivity index (χ0v) is 16.6. The second kappa shape index (κ2) is 7.96. The smallest absolute Gasteiger partial charge is 0.261 e. The maximum absolute atomic E-state index is 13.2. The summed E-state index contributed by atoms with van der Waals surface area (Å²) in [6, 6.07) is 5.99. The molecule has 1 N–H and O–H groups in total. The van der Waals surface area contributed by atoms with Gasteiger partial charge in [-0.3, -0.25) is 10.1 Å². The first-order valence-electron chi connectivity index (χ1n) is 8.91. The van der Waals surface area contributed by atoms with E-state index in [1.54, 1.807) is 23.7 Å². The minimum Gasteiger partial charge on any atom is -0.296 e. The van der Waals surface area contributed by atoms with E-state index in [0.717, 1.165) is 17.8 Å². The number of anilines is 1. The molecule has 0 saturated heterocycles. The molecule has 0 spiro atoms. The van der Waals surface area contributed by atoms with E-state index in [1.165, 1.54) is 23.5 Å². The highest BCUT2D eigenvalue weighted by Crippen LogP contribution is 2.28. The molecule has 6 nitrogen and oxygen atoms in total. The number of aryl methyl sites for hydroxylation is 1. The molecule has 1 amide bonds. The fourth-order valence-electron chi connectivity index (χ4n) is 3.05. The molecule has 0 fully saturated rings. The van der Waals surface area contributed by atoms with Crippen LogP contribution in [0.1, 0.15) is 59.4 Å². The van der Waals surface area contributed by atoms with Crippen LogP contribution in [0.5, 0.6) is 0 Å². The fourth-order valence-corrected chi connectivity index (χ4v) is 4.06. The topological polar surface area (TPSA) is 72.7 Å². The maximum atomic E-state index is 13.2. The Bertz CT molecular complexity index is 944. The summed E-state index contributed by atoms with van der Waals surface area (Å²) >= 11 is 1.41. The number of hydrogen-bond acceptors (Lipinski definition) is 5. The molecule has 2 heterocycles. The summed E-state index contributed by atoms with van der Waals surface area (Å²) in [5.74, 6) is -0.230. The van der Waals surface area contributed by atoms with Crippen molar-refractivity contribution in [1.29, 1.82) is 0 Å². The lowest BCUT2D eigenvalue weighted by atomic mass is 10.1. The number of rotatable bonds is 6. The van der Waals surface area contributed by atoms with Gasteiger partial charge in [-0.05, 0) is 51.0 Å². The monoisotopic (exact) mass is 387 g/mol. The molecule has 0 radical (unpaired) electrons. The molecule has 0 aliphatic carbocycles. The van der Waals surface area contributed by atoms with E-state index < -0.39 is 0 Å². The highest BCUT2D eigenvalue weighted by atomic mass is 32.1. The average Bonchev–Trinajstić information content (AvgIpc) is 3.21. The summed E-state index contributed by atoms with van der Waals surface area (Å²) in [6.45, 7) is 7.82. The predicted octanol–water partition coefficient (Wildman–Crippen LogP) is 4.64. The number of benzene rings is 1. The fraction of sp³-hybridized carbons (Fsp3) is 0.368. The molecule has 0 aliphatic heterocycles. The van der Waals surface area contributed by atoms with Gasteiger partial charge in [0.15, 0.2) is 0 Å². The van der Waals surface area contributed by atoms with E-state index in [-0.39, 0.29) is 11.7 Å². The third-order valence-electron chi connectivity index (χ3n) is 4.59. The van der Waals surface area contributed by atoms with Crippen molar-refractivity contribution in [2.75, 3.05) is 5.32 Å². The average molecular weight is 387 g/mol. The van der Waals surface area contributed by atoms with Gasteiger partial charge >= 0.3 is 0 Å². The van der Waals surface area contributed by atoms with Crippen molar-refractivity contribution >= 4 is 22.4 Å². The molecule has 8 heteroatoms. The van der Waals surface area contributed by atoms with Crippen LogP contribution in [0, 0.1) is 19.7 Å². The third kappa shape index (κ3) is 3.90. The first kappa shape index (κ1) is 19.2. The van der Waals surface area contributed by atoms with Gasteiger partial charge in [0.2, 0.25) is 5.13 Å². The second-order valence-corrected chi connectivity index (χ2v) is 7.36. The van der Waals surface area contributed by atoms with Crippen LogP contribution < -0.4 is 5.32 Å². The van der Waals surface area contributed by atoms with E-state index >= 15 is 0 Å². The SMILES string of the molecule is CCC(CC)c1nnc(NC(=O)c2c(C)nn(-c3ccc(F)cc3)c2C)s1. The highest BCUT2D eigenvalue weighted by Gasteiger charge is 2.21. The Morgan fingerprint density at radius 1 is 1.19 bits per heavy atom. The molecule has 27 heavy (non-hydrogen) atoms. The van der Waals surface area contributed by atoms with E-state index in [9.17, 15) is 9.18 Å². The summed E-state index contributed by atoms with van der Waals surface area (Å²) in [5, 5.41) is 17.0. The molecule has 0 aliphatic rings. The van der Waals surface area contributed by atoms with Crippen LogP contribution in [0.15, 0.2) is 24.3 Å². The molecule has 0 bridgehead atoms. The van der Waals surface area contributed by atoms with Crippen LogP contribution in [0.4, 0.5) is 9.52 Å². The van der Waals surface area contributed by atoms with Crippen molar-refractivity contribution in [3.63, 3.8) is 0 Å². The Hall–Kier alpha value is -2.61. The van der Waals surface area contributed by atoms with Crippen molar-refractivity contribution in [2.45, 2.75) is 46.5 Å². The lowest BCUT2D eigenvalue weighted by Gasteiger charge is -2.06. The number of hydrogen-bond donors (Lipinski definition) is 1. The largest absolute Gasteiger partial charge is 0.296 e. The molecule has 2 aromatic heterocycles. The molecule has 142 valence electrons. The zero-order chi connectivity index (χ0) is 19.6. The summed E-state index contributed by atoms with van der Waals surface area (Å²) in [4.78, 5) is 12.8. The molecule has 3 rings (SSSR count). The van der Waals surface area contributed by atoms with E-state index in [1.807, 2.05) is 6.92 Å². The number of nitrogens with one attached hydrogen (secondary N) is 1. The van der Waals surface area contributed by atoms with Gasteiger partial charge in [0, 0.05) is 5.92 Å². The Morgan fingerprint density at radius 3 is 2.48 bits per heavy atom. The molecule has 0 atom stereocenters. The van der Waals surface area contributed by atoms with Crippen molar-refractivity contribution in [3.05, 3.63) is 52.0 Å². The van der Waals surface area contributed by atoms with Crippen LogP contribution in [0.3, 0.4) is 0 Å². The lowest BCUT2D eigenvalue weighted by Crippen LogP contribution is -2.14. The van der Waals surface area contributed by atoms with Gasteiger partial charge in [-0.15, -0.1) is 10.2 Å². The van der Waals surface area contributed by atoms with Crippen LogP contribution in [0.25, 0.3) is 5.69 Å². The number of nitrogens with zero attached hydrogens (tertiary/aromatic N) is 4. The van der Waals surface area contributed by atoms with E-state index in [0.29, 0.717) is 33.7 Å². The number of amides is 1. The van der Waals surface area contributed by atoms with Gasteiger partial charge in [0.1, 0.15) is 10.8 Å². The molecule has 0 saturated carbocycles. The summed E-state index contributed by atoms with van der Waals surface area (Å²) in [6.07, 6.45) is 1.98. The summed E-state index contributed by atoms with van der Waals surface area (Å²) < 4.78 is 14.8. The third-order valence-corrected chi connectivity index (χ3v) is 5.59. The minimum absolute atomic E-state index is 0.273. The number of halogens is 1. The number of carbonyl (C=O) groups excluding carboxylic acids is 1. The molecular formula is C19H22FN5OS. The van der Waals surface area contributed by atoms with Gasteiger partial charge in [-0.1, -0.05) is 25.2 Å². The normalized spacial score (nSPS) is 11.2. The van der Waals surface area contributed by atoms with Crippen molar-refractivity contribution < 1.29 is 9.18 Å². The summed E-state index contributed by atoms with van der Waals surface area (Å²) in [7, 11) is 0. The van der Waals surface area contributed by atoms with Gasteiger partial charge in [-0.2, -0.15) is 5.10 Å². The second-order valence-electron chi connectivity index (χ2n) is 6.35. The lowest BCUT2D eigenvalue weighted by molar-refractivity contribution is 0.102. The van der Waals surface area contributed by atoms with Crippen LogP contribution in [-0.2, 0) is 0 Å². The Labute approximate surface area is 161 Å². The molecule has 1 aromatic carbocycles. The minimum atomic E-state index is -0.317. The standard InChI is InChI=1S/C19H22FN5OS/c1-5-13(6-2)18-22-23-19(27-18)21-17(26)16-11(3)24-25(12(16)4)15-9-7-14(20)8-10-15/h7-10,13H,5-6H2,1-4H3,(H,21,23,26). The van der Waals surface area contributed by atoms with Gasteiger partial charge < -0.3 is 0 Å². The molecular weight excluding hydrogens is 365 g/mol. The van der Waals surface area contributed by atoms with Gasteiger partial charge in [0.05, 0.1) is 22.6 Å². The van der Waals surface area contributed by atoms with E-state index in [4.69, 9.17) is 0 Å². The number of aromatic nitrogens is 4. The van der Waals surface area contributed by atoms with Gasteiger partial charge in [-0.25, -0.2) is 9.07 Å². The predicted molar refractivity (Wildman–Crippen MR) is 104 cm³/mol. The zero-order valence-electron chi connectivity index (χ0n) is 15.8. The number of carbonyl (C=O) groups is 1. The summed E-state index contributed by atoms with van der Waals surface area (Å²) in [5.41, 5.74) is 2.46. The quantitative estimate of drug-likeness (QED) is 0.669. The first-order chi connectivity index (χ1) is 12.9. The van der Waals surface area contributed by atoms with Crippen LogP contribution in [0.2, 0.25) is 0 Å². The van der Waals surface area contributed by atoms with Crippen molar-refractivity contribution in [3.8, 4) is 5.69 Å². The van der Waals surface area contributed by atoms with Crippen molar-refractivity contribution in [1.82, 2.24) is 20.0 Å². The first-order valence-corrected chi connectivity index (χ1v) is 9.73. The Morgan fingerprint density at radius 2 is 1.85 bits per heavy atom. The van der Waals surface area contributed by atoms with Crippen LogP contribution in [-0.4, -0.2) is 25.9 Å². The Kier molecular flexibility index (Phi) is 5.65. The Balaban J connectivity index is 1.84.